The van der Waals surface area contributed by atoms with Gasteiger partial charge in [0.2, 0.25) is 0 Å². The lowest BCUT2D eigenvalue weighted by atomic mass is 10.1. The Morgan fingerprint density at radius 2 is 2.19 bits per heavy atom. The Kier molecular flexibility index (Phi) is 4.11. The van der Waals surface area contributed by atoms with Gasteiger partial charge in [-0.3, -0.25) is 4.79 Å². The number of carbonyl (C=O) groups excluding carboxylic acids is 1. The van der Waals surface area contributed by atoms with E-state index in [1.54, 1.807) is 29.2 Å². The molecule has 0 saturated carbocycles. The second-order valence-electron chi connectivity index (χ2n) is 3.90. The van der Waals surface area contributed by atoms with Crippen LogP contribution in [0.15, 0.2) is 36.4 Å². The zero-order valence-corrected chi connectivity index (χ0v) is 9.86. The highest BCUT2D eigenvalue weighted by Crippen LogP contribution is 2.10. The molecule has 0 aliphatic heterocycles. The molecule has 0 fully saturated rings. The van der Waals surface area contributed by atoms with Crippen LogP contribution >= 0.6 is 0 Å². The number of hydrogen-bond donors (Lipinski definition) is 1. The third kappa shape index (κ3) is 3.12. The average molecular weight is 218 g/mol. The van der Waals surface area contributed by atoms with E-state index in [-0.39, 0.29) is 5.91 Å². The topological polar surface area (TPSA) is 46.3 Å². The molecule has 1 amide bonds. The van der Waals surface area contributed by atoms with Gasteiger partial charge in [-0.2, -0.15) is 0 Å². The van der Waals surface area contributed by atoms with Crippen LogP contribution in [0, 0.1) is 0 Å². The first kappa shape index (κ1) is 12.3. The lowest BCUT2D eigenvalue weighted by Crippen LogP contribution is -2.32. The Hall–Kier alpha value is -1.77. The average Bonchev–Trinajstić information content (AvgIpc) is 2.24. The summed E-state index contributed by atoms with van der Waals surface area (Å²) in [5.41, 5.74) is 7.86. The largest absolute Gasteiger partial charge is 0.399 e. The number of likely N-dealkylation sites (N-methyl/N-ethyl adjacent to an activating group) is 1. The number of amides is 1. The summed E-state index contributed by atoms with van der Waals surface area (Å²) in [6.45, 7) is 8.94. The van der Waals surface area contributed by atoms with E-state index in [0.717, 1.165) is 5.57 Å². The molecular weight excluding hydrogens is 200 g/mol. The van der Waals surface area contributed by atoms with Gasteiger partial charge >= 0.3 is 0 Å². The molecule has 0 aliphatic carbocycles. The highest BCUT2D eigenvalue weighted by atomic mass is 16.2. The van der Waals surface area contributed by atoms with Gasteiger partial charge in [-0.1, -0.05) is 18.2 Å². The van der Waals surface area contributed by atoms with Crippen LogP contribution in [0.2, 0.25) is 0 Å². The summed E-state index contributed by atoms with van der Waals surface area (Å²) in [5, 5.41) is 0. The van der Waals surface area contributed by atoms with Crippen molar-refractivity contribution in [3.05, 3.63) is 42.0 Å². The molecule has 0 unspecified atom stereocenters. The zero-order valence-electron chi connectivity index (χ0n) is 9.86. The summed E-state index contributed by atoms with van der Waals surface area (Å²) >= 11 is 0. The van der Waals surface area contributed by atoms with Crippen LogP contribution in [0.3, 0.4) is 0 Å². The predicted molar refractivity (Wildman–Crippen MR) is 67.2 cm³/mol. The molecule has 1 rings (SSSR count). The molecule has 86 valence electrons. The summed E-state index contributed by atoms with van der Waals surface area (Å²) < 4.78 is 0. The normalized spacial score (nSPS) is 9.88. The zero-order chi connectivity index (χ0) is 12.1. The molecule has 16 heavy (non-hydrogen) atoms. The van der Waals surface area contributed by atoms with Gasteiger partial charge in [0.05, 0.1) is 0 Å². The van der Waals surface area contributed by atoms with Crippen LogP contribution in [-0.4, -0.2) is 23.9 Å². The SMILES string of the molecule is C=C(C)CN(CC)C(=O)c1cccc(N)c1. The van der Waals surface area contributed by atoms with Crippen molar-refractivity contribution in [1.29, 1.82) is 0 Å². The van der Waals surface area contributed by atoms with Gasteiger partial charge in [0.1, 0.15) is 0 Å². The molecule has 3 nitrogen and oxygen atoms in total. The number of nitrogens with two attached hydrogens (primary N) is 1. The highest BCUT2D eigenvalue weighted by molar-refractivity contribution is 5.95. The molecule has 0 spiro atoms. The van der Waals surface area contributed by atoms with E-state index < -0.39 is 0 Å². The van der Waals surface area contributed by atoms with E-state index in [1.807, 2.05) is 13.8 Å². The number of rotatable bonds is 4. The summed E-state index contributed by atoms with van der Waals surface area (Å²) in [6, 6.07) is 7.03. The van der Waals surface area contributed by atoms with E-state index in [1.165, 1.54) is 0 Å². The Morgan fingerprint density at radius 1 is 1.50 bits per heavy atom. The van der Waals surface area contributed by atoms with Crippen molar-refractivity contribution in [2.45, 2.75) is 13.8 Å². The van der Waals surface area contributed by atoms with E-state index in [2.05, 4.69) is 6.58 Å². The number of anilines is 1. The number of nitrogens with zero attached hydrogens (tertiary/aromatic N) is 1. The maximum absolute atomic E-state index is 12.1. The van der Waals surface area contributed by atoms with Crippen molar-refractivity contribution >= 4 is 11.6 Å². The van der Waals surface area contributed by atoms with Gasteiger partial charge in [-0.25, -0.2) is 0 Å². The van der Waals surface area contributed by atoms with Crippen molar-refractivity contribution in [2.24, 2.45) is 0 Å². The van der Waals surface area contributed by atoms with Crippen molar-refractivity contribution in [3.63, 3.8) is 0 Å². The number of benzene rings is 1. The first-order chi connectivity index (χ1) is 7.54. The molecule has 0 aliphatic rings. The van der Waals surface area contributed by atoms with E-state index in [4.69, 9.17) is 5.73 Å². The van der Waals surface area contributed by atoms with E-state index >= 15 is 0 Å². The summed E-state index contributed by atoms with van der Waals surface area (Å²) in [7, 11) is 0. The Labute approximate surface area is 96.6 Å². The minimum absolute atomic E-state index is 0.00204. The van der Waals surface area contributed by atoms with Gasteiger partial charge in [-0.05, 0) is 32.0 Å². The molecule has 0 aromatic heterocycles. The standard InChI is InChI=1S/C13H18N2O/c1-4-15(9-10(2)3)13(16)11-6-5-7-12(14)8-11/h5-8H,2,4,9,14H2,1,3H3. The Balaban J connectivity index is 2.86. The van der Waals surface area contributed by atoms with Gasteiger partial charge in [0.25, 0.3) is 5.91 Å². The highest BCUT2D eigenvalue weighted by Gasteiger charge is 2.13. The molecule has 0 bridgehead atoms. The smallest absolute Gasteiger partial charge is 0.254 e. The predicted octanol–water partition coefficient (Wildman–Crippen LogP) is 2.31. The van der Waals surface area contributed by atoms with Gasteiger partial charge in [-0.15, -0.1) is 0 Å². The molecule has 0 saturated heterocycles. The fraction of sp³-hybridized carbons (Fsp3) is 0.308. The lowest BCUT2D eigenvalue weighted by molar-refractivity contribution is 0.0778. The lowest BCUT2D eigenvalue weighted by Gasteiger charge is -2.21. The van der Waals surface area contributed by atoms with Crippen molar-refractivity contribution in [1.82, 2.24) is 4.90 Å². The third-order valence-electron chi connectivity index (χ3n) is 2.26. The first-order valence-corrected chi connectivity index (χ1v) is 5.33. The fourth-order valence-electron chi connectivity index (χ4n) is 1.51. The summed E-state index contributed by atoms with van der Waals surface area (Å²) in [6.07, 6.45) is 0. The molecule has 1 aromatic carbocycles. The van der Waals surface area contributed by atoms with Crippen molar-refractivity contribution in [2.75, 3.05) is 18.8 Å². The van der Waals surface area contributed by atoms with Gasteiger partial charge in [0, 0.05) is 24.3 Å². The van der Waals surface area contributed by atoms with Gasteiger partial charge < -0.3 is 10.6 Å². The molecule has 0 heterocycles. The third-order valence-corrected chi connectivity index (χ3v) is 2.26. The van der Waals surface area contributed by atoms with E-state index in [9.17, 15) is 4.79 Å². The molecule has 2 N–H and O–H groups in total. The number of nitrogen functional groups attached to an aromatic ring is 1. The van der Waals surface area contributed by atoms with Crippen LogP contribution in [0.1, 0.15) is 24.2 Å². The maximum atomic E-state index is 12.1. The number of hydrogen-bond acceptors (Lipinski definition) is 2. The van der Waals surface area contributed by atoms with Gasteiger partial charge in [0.15, 0.2) is 0 Å². The molecule has 0 atom stereocenters. The maximum Gasteiger partial charge on any atom is 0.254 e. The fourth-order valence-corrected chi connectivity index (χ4v) is 1.51. The molecular formula is C13H18N2O. The Bertz CT molecular complexity index is 399. The minimum atomic E-state index is -0.00204. The molecule has 1 aromatic rings. The van der Waals surface area contributed by atoms with Crippen molar-refractivity contribution in [3.8, 4) is 0 Å². The first-order valence-electron chi connectivity index (χ1n) is 5.33. The van der Waals surface area contributed by atoms with Crippen LogP contribution in [0.25, 0.3) is 0 Å². The summed E-state index contributed by atoms with van der Waals surface area (Å²) in [5.74, 6) is -0.00204. The monoisotopic (exact) mass is 218 g/mol. The second kappa shape index (κ2) is 5.35. The van der Waals surface area contributed by atoms with Crippen LogP contribution < -0.4 is 5.73 Å². The molecule has 0 radical (unpaired) electrons. The van der Waals surface area contributed by atoms with Crippen LogP contribution in [0.4, 0.5) is 5.69 Å². The minimum Gasteiger partial charge on any atom is -0.399 e. The molecule has 3 heteroatoms. The van der Waals surface area contributed by atoms with Crippen molar-refractivity contribution < 1.29 is 4.79 Å². The van der Waals surface area contributed by atoms with Crippen LogP contribution in [0.5, 0.6) is 0 Å². The summed E-state index contributed by atoms with van der Waals surface area (Å²) in [4.78, 5) is 13.8. The second-order valence-corrected chi connectivity index (χ2v) is 3.90. The quantitative estimate of drug-likeness (QED) is 0.622. The Morgan fingerprint density at radius 3 is 2.69 bits per heavy atom. The van der Waals surface area contributed by atoms with E-state index in [0.29, 0.717) is 24.3 Å². The van der Waals surface area contributed by atoms with Crippen LogP contribution in [-0.2, 0) is 0 Å². The number of carbonyl (C=O) groups is 1.